The molecular weight excluding hydrogens is 225 g/mol. The van der Waals surface area contributed by atoms with Crippen LogP contribution in [0, 0.1) is 12.7 Å². The standard InChI is InChI=1S/C12H16FNO3/c1-7-5-8(17-2)6-9(12(7)13)10(14)3-4-11(15)16/h5-6,10H,3-4,14H2,1-2H3,(H,15,16). The summed E-state index contributed by atoms with van der Waals surface area (Å²) in [5.74, 6) is -0.825. The van der Waals surface area contributed by atoms with Gasteiger partial charge in [-0.15, -0.1) is 0 Å². The van der Waals surface area contributed by atoms with E-state index >= 15 is 0 Å². The molecule has 0 heterocycles. The van der Waals surface area contributed by atoms with Crippen molar-refractivity contribution in [3.63, 3.8) is 0 Å². The molecule has 17 heavy (non-hydrogen) atoms. The molecule has 0 amide bonds. The number of carboxylic acids is 1. The molecule has 0 spiro atoms. The summed E-state index contributed by atoms with van der Waals surface area (Å²) in [6.45, 7) is 1.62. The SMILES string of the molecule is COc1cc(C)c(F)c(C(N)CCC(=O)O)c1. The van der Waals surface area contributed by atoms with Gasteiger partial charge in [0.05, 0.1) is 7.11 Å². The summed E-state index contributed by atoms with van der Waals surface area (Å²) in [5.41, 5.74) is 6.51. The van der Waals surface area contributed by atoms with Gasteiger partial charge in [0.1, 0.15) is 11.6 Å². The van der Waals surface area contributed by atoms with Gasteiger partial charge in [0, 0.05) is 18.0 Å². The van der Waals surface area contributed by atoms with E-state index < -0.39 is 17.8 Å². The zero-order chi connectivity index (χ0) is 13.0. The van der Waals surface area contributed by atoms with Crippen LogP contribution in [0.25, 0.3) is 0 Å². The fourth-order valence-corrected chi connectivity index (χ4v) is 1.58. The highest BCUT2D eigenvalue weighted by Gasteiger charge is 2.16. The average Bonchev–Trinajstić information content (AvgIpc) is 2.29. The van der Waals surface area contributed by atoms with Crippen molar-refractivity contribution in [2.75, 3.05) is 7.11 Å². The molecule has 3 N–H and O–H groups in total. The fraction of sp³-hybridized carbons (Fsp3) is 0.417. The van der Waals surface area contributed by atoms with E-state index in [2.05, 4.69) is 0 Å². The summed E-state index contributed by atoms with van der Waals surface area (Å²) < 4.78 is 18.8. The maximum absolute atomic E-state index is 13.8. The van der Waals surface area contributed by atoms with E-state index in [0.29, 0.717) is 16.9 Å². The Morgan fingerprint density at radius 3 is 2.76 bits per heavy atom. The quantitative estimate of drug-likeness (QED) is 0.827. The third kappa shape index (κ3) is 3.42. The molecule has 0 aliphatic heterocycles. The lowest BCUT2D eigenvalue weighted by Gasteiger charge is -2.14. The van der Waals surface area contributed by atoms with Gasteiger partial charge in [-0.05, 0) is 31.0 Å². The number of aliphatic carboxylic acids is 1. The molecule has 1 atom stereocenters. The van der Waals surface area contributed by atoms with Crippen molar-refractivity contribution in [1.82, 2.24) is 0 Å². The van der Waals surface area contributed by atoms with E-state index in [9.17, 15) is 9.18 Å². The molecule has 0 saturated heterocycles. The predicted octanol–water partition coefficient (Wildman–Crippen LogP) is 2.01. The minimum Gasteiger partial charge on any atom is -0.497 e. The van der Waals surface area contributed by atoms with Gasteiger partial charge in [-0.25, -0.2) is 4.39 Å². The Hall–Kier alpha value is -1.62. The van der Waals surface area contributed by atoms with Crippen molar-refractivity contribution in [3.05, 3.63) is 29.1 Å². The maximum atomic E-state index is 13.8. The first-order valence-corrected chi connectivity index (χ1v) is 5.27. The first-order chi connectivity index (χ1) is 7.95. The van der Waals surface area contributed by atoms with Gasteiger partial charge in [-0.3, -0.25) is 4.79 Å². The molecule has 4 nitrogen and oxygen atoms in total. The summed E-state index contributed by atoms with van der Waals surface area (Å²) in [5, 5.41) is 8.56. The molecule has 0 aliphatic rings. The largest absolute Gasteiger partial charge is 0.497 e. The molecule has 1 aromatic carbocycles. The van der Waals surface area contributed by atoms with Crippen molar-refractivity contribution >= 4 is 5.97 Å². The van der Waals surface area contributed by atoms with E-state index in [1.165, 1.54) is 13.2 Å². The van der Waals surface area contributed by atoms with Crippen molar-refractivity contribution in [2.45, 2.75) is 25.8 Å². The smallest absolute Gasteiger partial charge is 0.303 e. The number of carbonyl (C=O) groups is 1. The van der Waals surface area contributed by atoms with Crippen LogP contribution >= 0.6 is 0 Å². The maximum Gasteiger partial charge on any atom is 0.303 e. The van der Waals surface area contributed by atoms with Crippen LogP contribution in [0.2, 0.25) is 0 Å². The molecule has 0 bridgehead atoms. The van der Waals surface area contributed by atoms with E-state index in [-0.39, 0.29) is 12.8 Å². The number of ether oxygens (including phenoxy) is 1. The Morgan fingerprint density at radius 1 is 1.59 bits per heavy atom. The Kier molecular flexibility index (Phi) is 4.45. The number of methoxy groups -OCH3 is 1. The number of halogens is 1. The van der Waals surface area contributed by atoms with Gasteiger partial charge in [0.15, 0.2) is 0 Å². The molecule has 0 radical (unpaired) electrons. The lowest BCUT2D eigenvalue weighted by Crippen LogP contribution is -2.14. The first-order valence-electron chi connectivity index (χ1n) is 5.27. The predicted molar refractivity (Wildman–Crippen MR) is 61.5 cm³/mol. The van der Waals surface area contributed by atoms with Crippen LogP contribution in [0.3, 0.4) is 0 Å². The minimum absolute atomic E-state index is 0.0864. The molecule has 94 valence electrons. The van der Waals surface area contributed by atoms with Gasteiger partial charge >= 0.3 is 5.97 Å². The molecule has 0 fully saturated rings. The second-order valence-corrected chi connectivity index (χ2v) is 3.89. The second-order valence-electron chi connectivity index (χ2n) is 3.89. The van der Waals surface area contributed by atoms with Crippen LogP contribution in [-0.2, 0) is 4.79 Å². The first kappa shape index (κ1) is 13.4. The minimum atomic E-state index is -0.944. The number of hydrogen-bond donors (Lipinski definition) is 2. The highest BCUT2D eigenvalue weighted by Crippen LogP contribution is 2.26. The summed E-state index contributed by atoms with van der Waals surface area (Å²) in [6, 6.07) is 2.44. The van der Waals surface area contributed by atoms with Crippen molar-refractivity contribution in [2.24, 2.45) is 5.73 Å². The van der Waals surface area contributed by atoms with E-state index in [4.69, 9.17) is 15.6 Å². The van der Waals surface area contributed by atoms with Crippen LogP contribution in [0.15, 0.2) is 12.1 Å². The van der Waals surface area contributed by atoms with Crippen molar-refractivity contribution < 1.29 is 19.0 Å². The Labute approximate surface area is 99.2 Å². The van der Waals surface area contributed by atoms with Gasteiger partial charge in [-0.1, -0.05) is 0 Å². The average molecular weight is 241 g/mol. The number of aryl methyl sites for hydroxylation is 1. The molecule has 0 aromatic heterocycles. The number of carboxylic acid groups (broad SMARTS) is 1. The van der Waals surface area contributed by atoms with Gasteiger partial charge in [-0.2, -0.15) is 0 Å². The fourth-order valence-electron chi connectivity index (χ4n) is 1.58. The monoisotopic (exact) mass is 241 g/mol. The molecular formula is C12H16FNO3. The third-order valence-corrected chi connectivity index (χ3v) is 2.56. The van der Waals surface area contributed by atoms with Crippen LogP contribution in [0.5, 0.6) is 5.75 Å². The Bertz CT molecular complexity index is 420. The Balaban J connectivity index is 2.95. The van der Waals surface area contributed by atoms with E-state index in [0.717, 1.165) is 0 Å². The highest BCUT2D eigenvalue weighted by molar-refractivity contribution is 5.66. The van der Waals surface area contributed by atoms with Gasteiger partial charge in [0.2, 0.25) is 0 Å². The summed E-state index contributed by atoms with van der Waals surface area (Å²) in [6.07, 6.45) is 0.107. The zero-order valence-corrected chi connectivity index (χ0v) is 9.87. The summed E-state index contributed by atoms with van der Waals surface area (Å²) >= 11 is 0. The van der Waals surface area contributed by atoms with Crippen molar-refractivity contribution in [3.8, 4) is 5.75 Å². The van der Waals surface area contributed by atoms with Gasteiger partial charge in [0.25, 0.3) is 0 Å². The van der Waals surface area contributed by atoms with E-state index in [1.54, 1.807) is 13.0 Å². The van der Waals surface area contributed by atoms with Crippen LogP contribution in [0.1, 0.15) is 30.0 Å². The zero-order valence-electron chi connectivity index (χ0n) is 9.87. The summed E-state index contributed by atoms with van der Waals surface area (Å²) in [7, 11) is 1.49. The number of nitrogens with two attached hydrogens (primary N) is 1. The number of rotatable bonds is 5. The van der Waals surface area contributed by atoms with Gasteiger partial charge < -0.3 is 15.6 Å². The van der Waals surface area contributed by atoms with Crippen LogP contribution in [0.4, 0.5) is 4.39 Å². The highest BCUT2D eigenvalue weighted by atomic mass is 19.1. The second kappa shape index (κ2) is 5.63. The normalized spacial score (nSPS) is 12.2. The molecule has 1 unspecified atom stereocenters. The molecule has 1 rings (SSSR count). The van der Waals surface area contributed by atoms with Crippen LogP contribution in [-0.4, -0.2) is 18.2 Å². The lowest BCUT2D eigenvalue weighted by molar-refractivity contribution is -0.137. The third-order valence-electron chi connectivity index (χ3n) is 2.56. The van der Waals surface area contributed by atoms with Crippen molar-refractivity contribution in [1.29, 1.82) is 0 Å². The lowest BCUT2D eigenvalue weighted by atomic mass is 9.99. The Morgan fingerprint density at radius 2 is 2.24 bits per heavy atom. The molecule has 0 aliphatic carbocycles. The molecule has 5 heteroatoms. The molecule has 1 aromatic rings. The molecule has 0 saturated carbocycles. The summed E-state index contributed by atoms with van der Waals surface area (Å²) in [4.78, 5) is 10.4. The number of benzene rings is 1. The van der Waals surface area contributed by atoms with Crippen LogP contribution < -0.4 is 10.5 Å². The van der Waals surface area contributed by atoms with E-state index in [1.807, 2.05) is 0 Å². The number of hydrogen-bond acceptors (Lipinski definition) is 3. The topological polar surface area (TPSA) is 72.5 Å².